The number of H-pyrrole nitrogens is 1. The number of aromatic nitrogens is 2. The van der Waals surface area contributed by atoms with Gasteiger partial charge >= 0.3 is 0 Å². The third-order valence-electron chi connectivity index (χ3n) is 3.32. The van der Waals surface area contributed by atoms with Crippen LogP contribution in [0.15, 0.2) is 65.8 Å². The van der Waals surface area contributed by atoms with Crippen molar-refractivity contribution in [1.29, 1.82) is 0 Å². The number of amides is 1. The molecule has 0 aliphatic heterocycles. The van der Waals surface area contributed by atoms with E-state index >= 15 is 0 Å². The number of carbonyl (C=O) groups excluding carboxylic acids is 1. The van der Waals surface area contributed by atoms with Gasteiger partial charge in [-0.1, -0.05) is 42.5 Å². The molecular weight excluding hydrogens is 320 g/mol. The van der Waals surface area contributed by atoms with Gasteiger partial charge in [0.1, 0.15) is 5.75 Å². The van der Waals surface area contributed by atoms with Crippen LogP contribution < -0.4 is 10.2 Å². The number of phenols is 1. The summed E-state index contributed by atoms with van der Waals surface area (Å²) >= 11 is 0. The van der Waals surface area contributed by atoms with Crippen LogP contribution in [0.1, 0.15) is 5.56 Å². The lowest BCUT2D eigenvalue weighted by molar-refractivity contribution is -0.123. The van der Waals surface area contributed by atoms with E-state index in [1.165, 1.54) is 12.3 Å². The van der Waals surface area contributed by atoms with E-state index in [2.05, 4.69) is 20.7 Å². The summed E-state index contributed by atoms with van der Waals surface area (Å²) < 4.78 is 5.32. The Labute approximate surface area is 144 Å². The standard InChI is InChI=1S/C18H16N4O3/c23-16-9-5-4-8-14(16)11-19-21-17(24)12-25-18-10-15(20-22-18)13-6-2-1-3-7-13/h1-11,23H,12H2,(H,20,22)(H,21,24)/b19-11+. The van der Waals surface area contributed by atoms with Gasteiger partial charge in [0, 0.05) is 11.6 Å². The summed E-state index contributed by atoms with van der Waals surface area (Å²) in [6, 6.07) is 18.0. The van der Waals surface area contributed by atoms with E-state index in [1.807, 2.05) is 30.3 Å². The number of hydrazone groups is 1. The highest BCUT2D eigenvalue weighted by Crippen LogP contribution is 2.20. The van der Waals surface area contributed by atoms with Crippen LogP contribution in [0.4, 0.5) is 0 Å². The SMILES string of the molecule is O=C(COc1cc(-c2ccccc2)[nH]n1)N/N=C/c1ccccc1O. The maximum absolute atomic E-state index is 11.7. The van der Waals surface area contributed by atoms with Crippen LogP contribution in [-0.2, 0) is 4.79 Å². The summed E-state index contributed by atoms with van der Waals surface area (Å²) in [6.07, 6.45) is 1.36. The fraction of sp³-hybridized carbons (Fsp3) is 0.0556. The second-order valence-corrected chi connectivity index (χ2v) is 5.13. The molecule has 7 nitrogen and oxygen atoms in total. The minimum Gasteiger partial charge on any atom is -0.507 e. The minimum atomic E-state index is -0.434. The van der Waals surface area contributed by atoms with Crippen molar-refractivity contribution >= 4 is 12.1 Å². The molecule has 0 saturated heterocycles. The van der Waals surface area contributed by atoms with Crippen LogP contribution in [-0.4, -0.2) is 34.0 Å². The van der Waals surface area contributed by atoms with E-state index in [4.69, 9.17) is 4.74 Å². The Kier molecular flexibility index (Phi) is 5.06. The van der Waals surface area contributed by atoms with Crippen LogP contribution in [0.2, 0.25) is 0 Å². The molecule has 0 aliphatic carbocycles. The number of phenolic OH excluding ortho intramolecular Hbond substituents is 1. The van der Waals surface area contributed by atoms with Crippen LogP contribution in [0.3, 0.4) is 0 Å². The second kappa shape index (κ2) is 7.78. The lowest BCUT2D eigenvalue weighted by atomic mass is 10.2. The summed E-state index contributed by atoms with van der Waals surface area (Å²) in [4.78, 5) is 11.7. The molecule has 0 atom stereocenters. The zero-order valence-electron chi connectivity index (χ0n) is 13.2. The smallest absolute Gasteiger partial charge is 0.278 e. The lowest BCUT2D eigenvalue weighted by Crippen LogP contribution is -2.24. The third kappa shape index (κ3) is 4.44. The lowest BCUT2D eigenvalue weighted by Gasteiger charge is -2.01. The molecule has 126 valence electrons. The molecule has 0 saturated carbocycles. The highest BCUT2D eigenvalue weighted by molar-refractivity contribution is 5.85. The summed E-state index contributed by atoms with van der Waals surface area (Å²) in [7, 11) is 0. The van der Waals surface area contributed by atoms with Crippen LogP contribution in [0, 0.1) is 0 Å². The Hall–Kier alpha value is -3.61. The highest BCUT2D eigenvalue weighted by Gasteiger charge is 2.06. The van der Waals surface area contributed by atoms with Gasteiger partial charge < -0.3 is 9.84 Å². The van der Waals surface area contributed by atoms with Gasteiger partial charge in [-0.3, -0.25) is 9.89 Å². The fourth-order valence-corrected chi connectivity index (χ4v) is 2.09. The number of nitrogens with one attached hydrogen (secondary N) is 2. The number of aromatic amines is 1. The fourth-order valence-electron chi connectivity index (χ4n) is 2.09. The zero-order chi connectivity index (χ0) is 17.5. The van der Waals surface area contributed by atoms with Crippen LogP contribution in [0.5, 0.6) is 11.6 Å². The quantitative estimate of drug-likeness (QED) is 0.475. The number of nitrogens with zero attached hydrogens (tertiary/aromatic N) is 2. The zero-order valence-corrected chi connectivity index (χ0v) is 13.2. The average molecular weight is 336 g/mol. The van der Waals surface area contributed by atoms with Crippen molar-refractivity contribution in [3.05, 3.63) is 66.2 Å². The van der Waals surface area contributed by atoms with Gasteiger partial charge in [-0.15, -0.1) is 5.10 Å². The summed E-state index contributed by atoms with van der Waals surface area (Å²) in [5.74, 6) is -0.0312. The van der Waals surface area contributed by atoms with Crippen molar-refractivity contribution in [2.45, 2.75) is 0 Å². The molecule has 3 rings (SSSR count). The van der Waals surface area contributed by atoms with E-state index in [1.54, 1.807) is 24.3 Å². The number of hydrogen-bond donors (Lipinski definition) is 3. The predicted octanol–water partition coefficient (Wildman–Crippen LogP) is 2.31. The Morgan fingerprint density at radius 1 is 1.20 bits per heavy atom. The van der Waals surface area contributed by atoms with Crippen molar-refractivity contribution in [2.75, 3.05) is 6.61 Å². The molecule has 1 aromatic heterocycles. The van der Waals surface area contributed by atoms with Gasteiger partial charge in [0.25, 0.3) is 5.91 Å². The van der Waals surface area contributed by atoms with Gasteiger partial charge in [-0.2, -0.15) is 5.10 Å². The van der Waals surface area contributed by atoms with E-state index in [9.17, 15) is 9.90 Å². The van der Waals surface area contributed by atoms with E-state index in [0.29, 0.717) is 11.4 Å². The van der Waals surface area contributed by atoms with Gasteiger partial charge in [0.05, 0.1) is 11.9 Å². The van der Waals surface area contributed by atoms with Crippen molar-refractivity contribution < 1.29 is 14.6 Å². The number of ether oxygens (including phenoxy) is 1. The molecule has 0 unspecified atom stereocenters. The minimum absolute atomic E-state index is 0.0849. The predicted molar refractivity (Wildman–Crippen MR) is 93.4 cm³/mol. The molecule has 0 aliphatic rings. The van der Waals surface area contributed by atoms with Crippen molar-refractivity contribution in [2.24, 2.45) is 5.10 Å². The van der Waals surface area contributed by atoms with Crippen LogP contribution >= 0.6 is 0 Å². The van der Waals surface area contributed by atoms with Gasteiger partial charge in [0.2, 0.25) is 5.88 Å². The number of hydrogen-bond acceptors (Lipinski definition) is 5. The maximum atomic E-state index is 11.7. The molecule has 7 heteroatoms. The molecule has 0 bridgehead atoms. The average Bonchev–Trinajstić information content (AvgIpc) is 3.11. The second-order valence-electron chi connectivity index (χ2n) is 5.13. The maximum Gasteiger partial charge on any atom is 0.278 e. The summed E-state index contributed by atoms with van der Waals surface area (Å²) in [5.41, 5.74) is 4.60. The van der Waals surface area contributed by atoms with E-state index in [0.717, 1.165) is 11.3 Å². The Morgan fingerprint density at radius 2 is 1.96 bits per heavy atom. The number of aromatic hydroxyl groups is 1. The monoisotopic (exact) mass is 336 g/mol. The third-order valence-corrected chi connectivity index (χ3v) is 3.32. The number of para-hydroxylation sites is 1. The highest BCUT2D eigenvalue weighted by atomic mass is 16.5. The van der Waals surface area contributed by atoms with Crippen molar-refractivity contribution in [3.63, 3.8) is 0 Å². The van der Waals surface area contributed by atoms with Gasteiger partial charge in [-0.05, 0) is 17.7 Å². The molecule has 1 heterocycles. The molecule has 0 fully saturated rings. The topological polar surface area (TPSA) is 99.6 Å². The largest absolute Gasteiger partial charge is 0.507 e. The first-order chi connectivity index (χ1) is 12.2. The van der Waals surface area contributed by atoms with Crippen molar-refractivity contribution in [1.82, 2.24) is 15.6 Å². The first-order valence-electron chi connectivity index (χ1n) is 7.56. The normalized spacial score (nSPS) is 10.7. The first-order valence-corrected chi connectivity index (χ1v) is 7.56. The number of benzene rings is 2. The summed E-state index contributed by atoms with van der Waals surface area (Å²) in [5, 5.41) is 20.2. The molecule has 0 radical (unpaired) electrons. The molecule has 1 amide bonds. The molecule has 3 N–H and O–H groups in total. The Morgan fingerprint density at radius 3 is 2.76 bits per heavy atom. The van der Waals surface area contributed by atoms with Gasteiger partial charge in [0.15, 0.2) is 6.61 Å². The first kappa shape index (κ1) is 16.3. The van der Waals surface area contributed by atoms with Crippen LogP contribution in [0.25, 0.3) is 11.3 Å². The molecule has 3 aromatic rings. The van der Waals surface area contributed by atoms with E-state index in [-0.39, 0.29) is 12.4 Å². The molecular formula is C18H16N4O3. The molecule has 0 spiro atoms. The number of carbonyl (C=O) groups is 1. The number of rotatable bonds is 6. The van der Waals surface area contributed by atoms with Crippen molar-refractivity contribution in [3.8, 4) is 22.9 Å². The molecule has 25 heavy (non-hydrogen) atoms. The summed E-state index contributed by atoms with van der Waals surface area (Å²) in [6.45, 7) is -0.225. The van der Waals surface area contributed by atoms with Gasteiger partial charge in [-0.25, -0.2) is 5.43 Å². The Bertz CT molecular complexity index is 875. The molecule has 2 aromatic carbocycles. The van der Waals surface area contributed by atoms with E-state index < -0.39 is 5.91 Å². The Balaban J connectivity index is 1.50.